The van der Waals surface area contributed by atoms with Gasteiger partial charge >= 0.3 is 0 Å². The van der Waals surface area contributed by atoms with Crippen LogP contribution in [0.15, 0.2) is 36.4 Å². The van der Waals surface area contributed by atoms with Crippen LogP contribution in [-0.4, -0.2) is 14.2 Å². The Morgan fingerprint density at radius 1 is 1.10 bits per heavy atom. The van der Waals surface area contributed by atoms with Crippen LogP contribution in [-0.2, 0) is 6.54 Å². The van der Waals surface area contributed by atoms with Crippen LogP contribution >= 0.6 is 0 Å². The maximum absolute atomic E-state index is 8.92. The van der Waals surface area contributed by atoms with Gasteiger partial charge in [-0.1, -0.05) is 6.07 Å². The van der Waals surface area contributed by atoms with Crippen LogP contribution in [0.1, 0.15) is 11.1 Å². The van der Waals surface area contributed by atoms with E-state index in [-0.39, 0.29) is 0 Å². The second-order valence-corrected chi connectivity index (χ2v) is 4.46. The number of nitrogens with two attached hydrogens (primary N) is 1. The summed E-state index contributed by atoms with van der Waals surface area (Å²) in [6, 6.07) is 12.9. The third kappa shape index (κ3) is 3.37. The maximum atomic E-state index is 8.92. The van der Waals surface area contributed by atoms with Gasteiger partial charge in [-0.05, 0) is 35.9 Å². The molecule has 0 aliphatic heterocycles. The van der Waals surface area contributed by atoms with Crippen molar-refractivity contribution in [1.29, 1.82) is 5.26 Å². The molecule has 3 N–H and O–H groups in total. The van der Waals surface area contributed by atoms with Crippen molar-refractivity contribution in [3.63, 3.8) is 0 Å². The molecule has 0 radical (unpaired) electrons. The lowest BCUT2D eigenvalue weighted by Crippen LogP contribution is -2.03. The predicted molar refractivity (Wildman–Crippen MR) is 82.4 cm³/mol. The van der Waals surface area contributed by atoms with Crippen LogP contribution in [0, 0.1) is 11.3 Å². The SMILES string of the molecule is COc1ccc(CNc2cc(C#N)ccc2N)cc1OC. The van der Waals surface area contributed by atoms with Gasteiger partial charge in [0.1, 0.15) is 0 Å². The Balaban J connectivity index is 2.15. The van der Waals surface area contributed by atoms with E-state index >= 15 is 0 Å². The fraction of sp³-hybridized carbons (Fsp3) is 0.188. The van der Waals surface area contributed by atoms with E-state index in [4.69, 9.17) is 20.5 Å². The first-order valence-corrected chi connectivity index (χ1v) is 6.42. The molecule has 0 aliphatic carbocycles. The van der Waals surface area contributed by atoms with Crippen molar-refractivity contribution >= 4 is 11.4 Å². The highest BCUT2D eigenvalue weighted by Gasteiger charge is 2.05. The lowest BCUT2D eigenvalue weighted by Gasteiger charge is -2.12. The lowest BCUT2D eigenvalue weighted by molar-refractivity contribution is 0.354. The van der Waals surface area contributed by atoms with E-state index in [2.05, 4.69) is 11.4 Å². The number of benzene rings is 2. The summed E-state index contributed by atoms with van der Waals surface area (Å²) in [6.07, 6.45) is 0. The number of nitrogens with zero attached hydrogens (tertiary/aromatic N) is 1. The van der Waals surface area contributed by atoms with Gasteiger partial charge in [0, 0.05) is 6.54 Å². The van der Waals surface area contributed by atoms with E-state index in [1.165, 1.54) is 0 Å². The fourth-order valence-corrected chi connectivity index (χ4v) is 1.97. The first-order valence-electron chi connectivity index (χ1n) is 6.42. The minimum atomic E-state index is 0.569. The summed E-state index contributed by atoms with van der Waals surface area (Å²) in [6.45, 7) is 0.569. The third-order valence-electron chi connectivity index (χ3n) is 3.11. The van der Waals surface area contributed by atoms with Gasteiger partial charge in [0.25, 0.3) is 0 Å². The zero-order chi connectivity index (χ0) is 15.2. The second-order valence-electron chi connectivity index (χ2n) is 4.46. The molecule has 0 saturated carbocycles. The maximum Gasteiger partial charge on any atom is 0.161 e. The molecular weight excluding hydrogens is 266 g/mol. The standard InChI is InChI=1S/C16H17N3O2/c1-20-15-6-4-12(8-16(15)21-2)10-19-14-7-11(9-17)3-5-13(14)18/h3-8,19H,10,18H2,1-2H3. The third-order valence-corrected chi connectivity index (χ3v) is 3.11. The Morgan fingerprint density at radius 3 is 2.52 bits per heavy atom. The zero-order valence-corrected chi connectivity index (χ0v) is 12.0. The van der Waals surface area contributed by atoms with Gasteiger partial charge in [-0.3, -0.25) is 0 Å². The monoisotopic (exact) mass is 283 g/mol. The van der Waals surface area contributed by atoms with E-state index in [0.29, 0.717) is 29.3 Å². The summed E-state index contributed by atoms with van der Waals surface area (Å²) in [7, 11) is 3.20. The highest BCUT2D eigenvalue weighted by molar-refractivity contribution is 5.68. The molecule has 2 rings (SSSR count). The average Bonchev–Trinajstić information content (AvgIpc) is 2.53. The average molecular weight is 283 g/mol. The summed E-state index contributed by atoms with van der Waals surface area (Å²) in [5.41, 5.74) is 8.83. The molecule has 5 nitrogen and oxygen atoms in total. The summed E-state index contributed by atoms with van der Waals surface area (Å²) < 4.78 is 10.5. The highest BCUT2D eigenvalue weighted by atomic mass is 16.5. The number of rotatable bonds is 5. The Morgan fingerprint density at radius 2 is 1.86 bits per heavy atom. The summed E-state index contributed by atoms with van der Waals surface area (Å²) in [5, 5.41) is 12.1. The van der Waals surface area contributed by atoms with Gasteiger partial charge < -0.3 is 20.5 Å². The molecule has 21 heavy (non-hydrogen) atoms. The normalized spacial score (nSPS) is 9.76. The predicted octanol–water partition coefficient (Wildman–Crippen LogP) is 2.77. The molecular formula is C16H17N3O2. The van der Waals surface area contributed by atoms with Crippen LogP contribution in [0.5, 0.6) is 11.5 Å². The van der Waals surface area contributed by atoms with Crippen molar-refractivity contribution in [3.05, 3.63) is 47.5 Å². The number of nitriles is 1. The van der Waals surface area contributed by atoms with Crippen molar-refractivity contribution in [2.45, 2.75) is 6.54 Å². The summed E-state index contributed by atoms with van der Waals surface area (Å²) in [4.78, 5) is 0. The number of nitrogens with one attached hydrogen (secondary N) is 1. The molecule has 108 valence electrons. The molecule has 0 amide bonds. The Kier molecular flexibility index (Phi) is 4.52. The van der Waals surface area contributed by atoms with E-state index in [1.807, 2.05) is 18.2 Å². The molecule has 0 bridgehead atoms. The number of hydrogen-bond donors (Lipinski definition) is 2. The lowest BCUT2D eigenvalue weighted by atomic mass is 10.1. The van der Waals surface area contributed by atoms with E-state index < -0.39 is 0 Å². The van der Waals surface area contributed by atoms with Gasteiger partial charge in [-0.25, -0.2) is 0 Å². The molecule has 0 saturated heterocycles. The molecule has 0 unspecified atom stereocenters. The van der Waals surface area contributed by atoms with Crippen molar-refractivity contribution < 1.29 is 9.47 Å². The van der Waals surface area contributed by atoms with Gasteiger partial charge in [-0.2, -0.15) is 5.26 Å². The van der Waals surface area contributed by atoms with Gasteiger partial charge in [0.15, 0.2) is 11.5 Å². The summed E-state index contributed by atoms with van der Waals surface area (Å²) >= 11 is 0. The quantitative estimate of drug-likeness (QED) is 0.825. The molecule has 0 heterocycles. The first kappa shape index (κ1) is 14.5. The van der Waals surface area contributed by atoms with Crippen LogP contribution in [0.25, 0.3) is 0 Å². The topological polar surface area (TPSA) is 80.3 Å². The molecule has 0 spiro atoms. The van der Waals surface area contributed by atoms with Crippen molar-refractivity contribution in [2.75, 3.05) is 25.3 Å². The van der Waals surface area contributed by atoms with Crippen molar-refractivity contribution in [3.8, 4) is 17.6 Å². The molecule has 0 atom stereocenters. The number of ether oxygens (including phenoxy) is 2. The van der Waals surface area contributed by atoms with Crippen LogP contribution in [0.2, 0.25) is 0 Å². The smallest absolute Gasteiger partial charge is 0.161 e. The molecule has 2 aromatic rings. The van der Waals surface area contributed by atoms with Gasteiger partial charge in [0.05, 0.1) is 37.2 Å². The van der Waals surface area contributed by atoms with Crippen LogP contribution in [0.4, 0.5) is 11.4 Å². The number of anilines is 2. The minimum absolute atomic E-state index is 0.569. The van der Waals surface area contributed by atoms with Gasteiger partial charge in [0.2, 0.25) is 0 Å². The van der Waals surface area contributed by atoms with Crippen LogP contribution < -0.4 is 20.5 Å². The molecule has 5 heteroatoms. The fourth-order valence-electron chi connectivity index (χ4n) is 1.97. The van der Waals surface area contributed by atoms with E-state index in [0.717, 1.165) is 11.3 Å². The molecule has 0 aromatic heterocycles. The zero-order valence-electron chi connectivity index (χ0n) is 12.0. The summed E-state index contributed by atoms with van der Waals surface area (Å²) in [5.74, 6) is 1.36. The Labute approximate surface area is 123 Å². The van der Waals surface area contributed by atoms with Crippen molar-refractivity contribution in [1.82, 2.24) is 0 Å². The van der Waals surface area contributed by atoms with E-state index in [9.17, 15) is 0 Å². The Bertz CT molecular complexity index is 678. The largest absolute Gasteiger partial charge is 0.493 e. The molecule has 2 aromatic carbocycles. The molecule has 0 fully saturated rings. The number of methoxy groups -OCH3 is 2. The number of nitrogen functional groups attached to an aromatic ring is 1. The first-order chi connectivity index (χ1) is 10.2. The van der Waals surface area contributed by atoms with Crippen LogP contribution in [0.3, 0.4) is 0 Å². The van der Waals surface area contributed by atoms with Crippen molar-refractivity contribution in [2.24, 2.45) is 0 Å². The van der Waals surface area contributed by atoms with E-state index in [1.54, 1.807) is 32.4 Å². The number of hydrogen-bond acceptors (Lipinski definition) is 5. The highest BCUT2D eigenvalue weighted by Crippen LogP contribution is 2.28. The minimum Gasteiger partial charge on any atom is -0.493 e. The molecule has 0 aliphatic rings. The van der Waals surface area contributed by atoms with Gasteiger partial charge in [-0.15, -0.1) is 0 Å². The second kappa shape index (κ2) is 6.53. The Hall–Kier alpha value is -2.87.